The quantitative estimate of drug-likeness (QED) is 0.693. The molecule has 0 aliphatic rings. The van der Waals surface area contributed by atoms with Gasteiger partial charge in [0.25, 0.3) is 0 Å². The second-order valence-electron chi connectivity index (χ2n) is 3.78. The van der Waals surface area contributed by atoms with Crippen molar-refractivity contribution in [1.29, 1.82) is 0 Å². The van der Waals surface area contributed by atoms with Crippen LogP contribution < -0.4 is 10.5 Å². The fourth-order valence-electron chi connectivity index (χ4n) is 1.53. The lowest BCUT2D eigenvalue weighted by atomic mass is 10.2. The molecule has 2 aromatic rings. The van der Waals surface area contributed by atoms with Gasteiger partial charge in [0.05, 0.1) is 22.8 Å². The number of nitrogen functional groups attached to an aromatic ring is 1. The number of esters is 1. The van der Waals surface area contributed by atoms with Gasteiger partial charge in [-0.05, 0) is 46.3 Å². The van der Waals surface area contributed by atoms with E-state index in [2.05, 4.69) is 20.7 Å². The molecule has 19 heavy (non-hydrogen) atoms. The van der Waals surface area contributed by atoms with E-state index in [0.717, 1.165) is 4.47 Å². The Balaban J connectivity index is 2.27. The van der Waals surface area contributed by atoms with Gasteiger partial charge in [-0.15, -0.1) is 0 Å². The van der Waals surface area contributed by atoms with E-state index in [1.807, 2.05) is 24.3 Å². The third-order valence-corrected chi connectivity index (χ3v) is 3.14. The first-order chi connectivity index (χ1) is 9.11. The average molecular weight is 322 g/mol. The van der Waals surface area contributed by atoms with Gasteiger partial charge in [0.1, 0.15) is 11.5 Å². The summed E-state index contributed by atoms with van der Waals surface area (Å²) in [6.07, 6.45) is 0. The van der Waals surface area contributed by atoms with Gasteiger partial charge in [-0.25, -0.2) is 4.79 Å². The van der Waals surface area contributed by atoms with Crippen molar-refractivity contribution in [2.45, 2.75) is 0 Å². The normalized spacial score (nSPS) is 10.0. The Kier molecular flexibility index (Phi) is 4.06. The van der Waals surface area contributed by atoms with Crippen LogP contribution in [0.4, 0.5) is 5.69 Å². The zero-order valence-corrected chi connectivity index (χ0v) is 11.8. The second-order valence-corrected chi connectivity index (χ2v) is 4.63. The fraction of sp³-hybridized carbons (Fsp3) is 0.0714. The smallest absolute Gasteiger partial charge is 0.337 e. The van der Waals surface area contributed by atoms with Crippen molar-refractivity contribution in [3.63, 3.8) is 0 Å². The van der Waals surface area contributed by atoms with Crippen LogP contribution in [0.25, 0.3) is 0 Å². The number of hydrogen-bond donors (Lipinski definition) is 1. The lowest BCUT2D eigenvalue weighted by molar-refractivity contribution is 0.0601. The maximum atomic E-state index is 11.4. The molecule has 0 spiro atoms. The van der Waals surface area contributed by atoms with Crippen molar-refractivity contribution >= 4 is 27.6 Å². The summed E-state index contributed by atoms with van der Waals surface area (Å²) in [5.74, 6) is 0.707. The van der Waals surface area contributed by atoms with Crippen LogP contribution in [0.5, 0.6) is 11.5 Å². The maximum Gasteiger partial charge on any atom is 0.337 e. The predicted octanol–water partition coefficient (Wildman–Crippen LogP) is 3.61. The lowest BCUT2D eigenvalue weighted by Gasteiger charge is -2.10. The molecule has 2 rings (SSSR count). The molecule has 0 saturated heterocycles. The molecule has 0 heterocycles. The zero-order valence-electron chi connectivity index (χ0n) is 10.2. The number of methoxy groups -OCH3 is 1. The summed E-state index contributed by atoms with van der Waals surface area (Å²) in [6, 6.07) is 12.2. The van der Waals surface area contributed by atoms with Gasteiger partial charge < -0.3 is 15.2 Å². The second kappa shape index (κ2) is 5.75. The van der Waals surface area contributed by atoms with E-state index in [-0.39, 0.29) is 0 Å². The molecule has 0 fully saturated rings. The van der Waals surface area contributed by atoms with Crippen LogP contribution >= 0.6 is 15.9 Å². The van der Waals surface area contributed by atoms with Crippen LogP contribution in [-0.4, -0.2) is 13.1 Å². The molecule has 2 aromatic carbocycles. The van der Waals surface area contributed by atoms with Crippen molar-refractivity contribution in [2.75, 3.05) is 12.8 Å². The Labute approximate surface area is 119 Å². The van der Waals surface area contributed by atoms with E-state index in [0.29, 0.717) is 22.7 Å². The van der Waals surface area contributed by atoms with E-state index in [4.69, 9.17) is 10.5 Å². The van der Waals surface area contributed by atoms with E-state index in [1.54, 1.807) is 12.1 Å². The molecule has 0 unspecified atom stereocenters. The molecule has 0 atom stereocenters. The summed E-state index contributed by atoms with van der Waals surface area (Å²) in [7, 11) is 1.32. The fourth-order valence-corrected chi connectivity index (χ4v) is 1.90. The van der Waals surface area contributed by atoms with Crippen molar-refractivity contribution < 1.29 is 14.3 Å². The minimum atomic E-state index is -0.431. The molecule has 0 bridgehead atoms. The Hall–Kier alpha value is -2.01. The molecule has 0 aliphatic heterocycles. The summed E-state index contributed by atoms with van der Waals surface area (Å²) in [4.78, 5) is 11.4. The first-order valence-corrected chi connectivity index (χ1v) is 6.31. The monoisotopic (exact) mass is 321 g/mol. The van der Waals surface area contributed by atoms with Gasteiger partial charge in [0.2, 0.25) is 0 Å². The number of halogens is 1. The molecule has 98 valence electrons. The van der Waals surface area contributed by atoms with E-state index in [9.17, 15) is 4.79 Å². The Morgan fingerprint density at radius 1 is 1.16 bits per heavy atom. The molecule has 5 heteroatoms. The number of carbonyl (C=O) groups excluding carboxylic acids is 1. The summed E-state index contributed by atoms with van der Waals surface area (Å²) in [5.41, 5.74) is 6.63. The predicted molar refractivity (Wildman–Crippen MR) is 76.4 cm³/mol. The molecule has 0 amide bonds. The first kappa shape index (κ1) is 13.4. The topological polar surface area (TPSA) is 61.5 Å². The number of ether oxygens (including phenoxy) is 2. The summed E-state index contributed by atoms with van der Waals surface area (Å²) in [5, 5.41) is 0. The number of carbonyl (C=O) groups is 1. The van der Waals surface area contributed by atoms with Crippen LogP contribution in [0.3, 0.4) is 0 Å². The van der Waals surface area contributed by atoms with Crippen molar-refractivity contribution in [1.82, 2.24) is 0 Å². The molecule has 0 aliphatic carbocycles. The number of benzene rings is 2. The molecular weight excluding hydrogens is 310 g/mol. The number of para-hydroxylation sites is 1. The highest BCUT2D eigenvalue weighted by Gasteiger charge is 2.10. The van der Waals surface area contributed by atoms with Gasteiger partial charge in [-0.3, -0.25) is 0 Å². The van der Waals surface area contributed by atoms with Crippen LogP contribution in [0.2, 0.25) is 0 Å². The standard InChI is InChI=1S/C14H12BrNO3/c1-18-14(17)9-6-7-13(11(16)8-9)19-12-5-3-2-4-10(12)15/h2-8H,16H2,1H3. The summed E-state index contributed by atoms with van der Waals surface area (Å²) >= 11 is 3.39. The number of anilines is 1. The Morgan fingerprint density at radius 2 is 1.89 bits per heavy atom. The van der Waals surface area contributed by atoms with Crippen molar-refractivity contribution in [3.05, 3.63) is 52.5 Å². The third-order valence-electron chi connectivity index (χ3n) is 2.49. The van der Waals surface area contributed by atoms with Crippen molar-refractivity contribution in [3.8, 4) is 11.5 Å². The largest absolute Gasteiger partial charge is 0.465 e. The SMILES string of the molecule is COC(=O)c1ccc(Oc2ccccc2Br)c(N)c1. The average Bonchev–Trinajstić information content (AvgIpc) is 2.42. The van der Waals surface area contributed by atoms with Gasteiger partial charge >= 0.3 is 5.97 Å². The van der Waals surface area contributed by atoms with Gasteiger partial charge in [-0.1, -0.05) is 12.1 Å². The minimum absolute atomic E-state index is 0.374. The Morgan fingerprint density at radius 3 is 2.53 bits per heavy atom. The van der Waals surface area contributed by atoms with Gasteiger partial charge in [0.15, 0.2) is 0 Å². The minimum Gasteiger partial charge on any atom is -0.465 e. The maximum absolute atomic E-state index is 11.4. The highest BCUT2D eigenvalue weighted by atomic mass is 79.9. The Bertz CT molecular complexity index is 613. The molecule has 0 radical (unpaired) electrons. The molecule has 0 aromatic heterocycles. The van der Waals surface area contributed by atoms with Crippen LogP contribution in [0.1, 0.15) is 10.4 Å². The molecule has 0 saturated carbocycles. The van der Waals surface area contributed by atoms with E-state index < -0.39 is 5.97 Å². The number of hydrogen-bond acceptors (Lipinski definition) is 4. The summed E-state index contributed by atoms with van der Waals surface area (Å²) < 4.78 is 11.1. The number of nitrogens with two attached hydrogens (primary N) is 1. The van der Waals surface area contributed by atoms with Crippen LogP contribution in [0.15, 0.2) is 46.9 Å². The van der Waals surface area contributed by atoms with Gasteiger partial charge in [0, 0.05) is 0 Å². The highest BCUT2D eigenvalue weighted by Crippen LogP contribution is 2.32. The molecule has 2 N–H and O–H groups in total. The van der Waals surface area contributed by atoms with E-state index in [1.165, 1.54) is 13.2 Å². The van der Waals surface area contributed by atoms with Gasteiger partial charge in [-0.2, -0.15) is 0 Å². The molecular formula is C14H12BrNO3. The van der Waals surface area contributed by atoms with Crippen LogP contribution in [0, 0.1) is 0 Å². The third kappa shape index (κ3) is 3.06. The molecule has 4 nitrogen and oxygen atoms in total. The van der Waals surface area contributed by atoms with Crippen molar-refractivity contribution in [2.24, 2.45) is 0 Å². The first-order valence-electron chi connectivity index (χ1n) is 5.52. The summed E-state index contributed by atoms with van der Waals surface area (Å²) in [6.45, 7) is 0. The zero-order chi connectivity index (χ0) is 13.8. The highest BCUT2D eigenvalue weighted by molar-refractivity contribution is 9.10. The van der Waals surface area contributed by atoms with Crippen LogP contribution in [-0.2, 0) is 4.74 Å². The van der Waals surface area contributed by atoms with E-state index >= 15 is 0 Å². The number of rotatable bonds is 3. The lowest BCUT2D eigenvalue weighted by Crippen LogP contribution is -2.02.